The Hall–Kier alpha value is -8.36. The van der Waals surface area contributed by atoms with E-state index in [0.717, 1.165) is 155 Å². The summed E-state index contributed by atoms with van der Waals surface area (Å²) in [5, 5.41) is 12.3. The lowest BCUT2D eigenvalue weighted by molar-refractivity contribution is 0.101. The van der Waals surface area contributed by atoms with Gasteiger partial charge in [-0.1, -0.05) is 156 Å². The van der Waals surface area contributed by atoms with Gasteiger partial charge in [0.05, 0.1) is 51.1 Å². The summed E-state index contributed by atoms with van der Waals surface area (Å²) in [6, 6.07) is 64.9. The molecule has 0 radical (unpaired) electrons. The minimum Gasteiger partial charge on any atom is -0.389 e. The maximum absolute atomic E-state index is 11.9. The van der Waals surface area contributed by atoms with Gasteiger partial charge in [0.2, 0.25) is 10.0 Å². The number of ketones is 1. The number of hydrogen-bond acceptors (Lipinski definition) is 7. The molecule has 0 saturated carbocycles. The highest BCUT2D eigenvalue weighted by Gasteiger charge is 2.15. The Morgan fingerprint density at radius 3 is 1.25 bits per heavy atom. The molecule has 418 valence electrons. The van der Waals surface area contributed by atoms with Crippen LogP contribution in [0.25, 0.3) is 66.5 Å². The number of H-pyrrole nitrogens is 3. The number of fused-ring (bicyclic) bond motifs is 3. The highest BCUT2D eigenvalue weighted by atomic mass is 35.5. The van der Waals surface area contributed by atoms with Crippen LogP contribution in [-0.2, 0) is 48.5 Å². The molecule has 1 unspecified atom stereocenters. The third kappa shape index (κ3) is 15.2. The van der Waals surface area contributed by atoms with Gasteiger partial charge in [0.1, 0.15) is 17.5 Å². The highest BCUT2D eigenvalue weighted by Crippen LogP contribution is 2.33. The second kappa shape index (κ2) is 26.3. The number of nitrogens with zero attached hydrogens (tertiary/aromatic N) is 3. The first-order chi connectivity index (χ1) is 40.1. The molecule has 0 aliphatic carbocycles. The lowest BCUT2D eigenvalue weighted by Crippen LogP contribution is -2.10. The number of carbonyl (C=O) groups is 1. The quantitative estimate of drug-likeness (QED) is 0.0600. The van der Waals surface area contributed by atoms with Gasteiger partial charge in [0, 0.05) is 45.5 Å². The molecule has 3 aromatic heterocycles. The molecule has 12 rings (SSSR count). The number of carbonyl (C=O) groups excluding carboxylic acids is 1. The van der Waals surface area contributed by atoms with Crippen molar-refractivity contribution in [2.45, 2.75) is 58.5 Å². The van der Waals surface area contributed by atoms with E-state index < -0.39 is 16.1 Å². The summed E-state index contributed by atoms with van der Waals surface area (Å²) in [4.78, 5) is 36.2. The van der Waals surface area contributed by atoms with Crippen LogP contribution in [0.2, 0.25) is 15.1 Å². The van der Waals surface area contributed by atoms with Gasteiger partial charge in [-0.3, -0.25) is 9.52 Å². The lowest BCUT2D eigenvalue weighted by Gasteiger charge is -2.11. The Labute approximate surface area is 497 Å². The molecule has 0 aliphatic heterocycles. The third-order valence-corrected chi connectivity index (χ3v) is 15.5. The SMILES string of the molecule is CC(=O)c1ccccc1-c1ccc2nc(CCc3ccc(Cl)cc3)[nH]c2c1.CC(O)c1ccccc1-c1ccc2nc(CCc3ccc(Cl)cc3)[nH]c2c1.CS(=O)(=O)Nc1ccccc1-c1ccc2nc(CCc3ccc(Cl)cc3)[nH]c2c1. The Morgan fingerprint density at radius 1 is 0.482 bits per heavy atom. The number of benzene rings is 9. The number of aromatic amines is 3. The number of nitrogens with one attached hydrogen (secondary N) is 4. The predicted molar refractivity (Wildman–Crippen MR) is 340 cm³/mol. The normalized spacial score (nSPS) is 11.7. The van der Waals surface area contributed by atoms with Gasteiger partial charge in [-0.05, 0) is 162 Å². The van der Waals surface area contributed by atoms with E-state index in [1.165, 1.54) is 16.7 Å². The molecule has 15 heteroatoms. The van der Waals surface area contributed by atoms with Crippen molar-refractivity contribution in [3.05, 3.63) is 261 Å². The number of aryl methyl sites for hydroxylation is 6. The minimum absolute atomic E-state index is 0.0685. The van der Waals surface area contributed by atoms with Crippen LogP contribution in [0.15, 0.2) is 200 Å². The van der Waals surface area contributed by atoms with E-state index in [1.807, 2.05) is 158 Å². The molecule has 9 aromatic carbocycles. The average molecular weight is 1180 g/mol. The fraction of sp³-hybridized carbons (Fsp3) is 0.147. The summed E-state index contributed by atoms with van der Waals surface area (Å²) in [5.74, 6) is 2.91. The van der Waals surface area contributed by atoms with Crippen LogP contribution >= 0.6 is 34.8 Å². The number of sulfonamides is 1. The Morgan fingerprint density at radius 2 is 0.843 bits per heavy atom. The van der Waals surface area contributed by atoms with Crippen molar-refractivity contribution in [3.63, 3.8) is 0 Å². The molecular weight excluding hydrogens is 1120 g/mol. The van der Waals surface area contributed by atoms with Gasteiger partial charge in [-0.15, -0.1) is 0 Å². The van der Waals surface area contributed by atoms with E-state index in [2.05, 4.69) is 60.0 Å². The summed E-state index contributed by atoms with van der Waals surface area (Å²) in [5.41, 5.74) is 17.4. The van der Waals surface area contributed by atoms with Crippen LogP contribution in [0.5, 0.6) is 0 Å². The molecule has 0 spiro atoms. The number of hydrogen-bond donors (Lipinski definition) is 5. The first kappa shape index (κ1) is 57.9. The van der Waals surface area contributed by atoms with E-state index in [9.17, 15) is 18.3 Å². The molecule has 12 aromatic rings. The molecule has 11 nitrogen and oxygen atoms in total. The number of anilines is 1. The van der Waals surface area contributed by atoms with Crippen LogP contribution in [0.3, 0.4) is 0 Å². The molecule has 0 saturated heterocycles. The van der Waals surface area contributed by atoms with E-state index in [1.54, 1.807) is 26.0 Å². The Balaban J connectivity index is 0.000000139. The molecular formula is C68H60Cl3N7O4S. The van der Waals surface area contributed by atoms with Gasteiger partial charge in [0.25, 0.3) is 0 Å². The van der Waals surface area contributed by atoms with Gasteiger partial charge >= 0.3 is 0 Å². The monoisotopic (exact) mass is 1180 g/mol. The number of halogens is 3. The zero-order valence-corrected chi connectivity index (χ0v) is 49.0. The Bertz CT molecular complexity index is 4330. The molecule has 0 bridgehead atoms. The molecule has 0 fully saturated rings. The fourth-order valence-corrected chi connectivity index (χ4v) is 10.9. The molecule has 1 atom stereocenters. The van der Waals surface area contributed by atoms with Crippen molar-refractivity contribution in [1.29, 1.82) is 0 Å². The van der Waals surface area contributed by atoms with Gasteiger partial charge in [0.15, 0.2) is 5.78 Å². The van der Waals surface area contributed by atoms with Gasteiger partial charge in [-0.25, -0.2) is 23.4 Å². The first-order valence-corrected chi connectivity index (χ1v) is 30.2. The third-order valence-electron chi connectivity index (χ3n) is 14.2. The Kier molecular flexibility index (Phi) is 18.3. The molecule has 83 heavy (non-hydrogen) atoms. The van der Waals surface area contributed by atoms with Crippen molar-refractivity contribution in [2.24, 2.45) is 0 Å². The van der Waals surface area contributed by atoms with Crippen LogP contribution in [0.4, 0.5) is 5.69 Å². The summed E-state index contributed by atoms with van der Waals surface area (Å²) >= 11 is 17.8. The number of para-hydroxylation sites is 1. The van der Waals surface area contributed by atoms with Crippen molar-refractivity contribution in [1.82, 2.24) is 29.9 Å². The second-order valence-corrected chi connectivity index (χ2v) is 23.5. The number of Topliss-reactive ketones (excluding diaryl/α,β-unsaturated/α-hetero) is 1. The molecule has 0 aliphatic rings. The molecule has 3 heterocycles. The number of aromatic nitrogens is 6. The van der Waals surface area contributed by atoms with Crippen LogP contribution in [0.1, 0.15) is 70.0 Å². The van der Waals surface area contributed by atoms with E-state index >= 15 is 0 Å². The second-order valence-electron chi connectivity index (χ2n) is 20.4. The summed E-state index contributed by atoms with van der Waals surface area (Å²) in [6.07, 6.45) is 5.78. The number of imidazole rings is 3. The number of aliphatic hydroxyl groups is 1. The van der Waals surface area contributed by atoms with Crippen molar-refractivity contribution in [2.75, 3.05) is 11.0 Å². The topological polar surface area (TPSA) is 170 Å². The fourth-order valence-electron chi connectivity index (χ4n) is 9.98. The first-order valence-electron chi connectivity index (χ1n) is 27.2. The van der Waals surface area contributed by atoms with Gasteiger partial charge < -0.3 is 20.1 Å². The van der Waals surface area contributed by atoms with Crippen LogP contribution in [-0.4, -0.2) is 55.5 Å². The van der Waals surface area contributed by atoms with E-state index in [0.29, 0.717) is 5.69 Å². The molecule has 0 amide bonds. The maximum Gasteiger partial charge on any atom is 0.229 e. The van der Waals surface area contributed by atoms with Crippen molar-refractivity contribution >= 4 is 89.4 Å². The number of aliphatic hydroxyl groups excluding tert-OH is 1. The summed E-state index contributed by atoms with van der Waals surface area (Å²) < 4.78 is 25.9. The van der Waals surface area contributed by atoms with E-state index in [-0.39, 0.29) is 5.78 Å². The number of rotatable bonds is 16. The highest BCUT2D eigenvalue weighted by molar-refractivity contribution is 7.92. The summed E-state index contributed by atoms with van der Waals surface area (Å²) in [6.45, 7) is 3.39. The maximum atomic E-state index is 11.9. The largest absolute Gasteiger partial charge is 0.389 e. The van der Waals surface area contributed by atoms with Crippen molar-refractivity contribution in [3.8, 4) is 33.4 Å². The smallest absolute Gasteiger partial charge is 0.229 e. The zero-order chi connectivity index (χ0) is 58.0. The average Bonchev–Trinajstić information content (AvgIpc) is 4.26. The zero-order valence-electron chi connectivity index (χ0n) is 45.9. The van der Waals surface area contributed by atoms with E-state index in [4.69, 9.17) is 39.8 Å². The molecule has 5 N–H and O–H groups in total. The lowest BCUT2D eigenvalue weighted by atomic mass is 9.96. The predicted octanol–water partition coefficient (Wildman–Crippen LogP) is 16.6. The van der Waals surface area contributed by atoms with Crippen LogP contribution < -0.4 is 4.72 Å². The van der Waals surface area contributed by atoms with Gasteiger partial charge in [-0.2, -0.15) is 0 Å². The van der Waals surface area contributed by atoms with Crippen LogP contribution in [0, 0.1) is 0 Å². The standard InChI is InChI=1S/C23H21ClN2O.C23H19ClN2O.C22H20ClN3O2S/c2*1-15(27)19-4-2-3-5-20(19)17-9-12-21-22(14-17)26-23(25-21)13-8-16-6-10-18(24)11-7-16;1-29(27,28)26-19-5-3-2-4-18(19)16-9-12-20-21(14-16)25-22(24-20)13-8-15-6-10-17(23)11-7-15/h2-7,9-12,14-15,27H,8,13H2,1H3,(H,25,26);2-7,9-12,14H,8,13H2,1H3,(H,25,26);2-7,9-12,14,26H,8,13H2,1H3,(H,24,25). The minimum atomic E-state index is -3.36. The van der Waals surface area contributed by atoms with Crippen molar-refractivity contribution < 1.29 is 18.3 Å². The summed E-state index contributed by atoms with van der Waals surface area (Å²) in [7, 11) is -3.36.